The van der Waals surface area contributed by atoms with E-state index in [0.29, 0.717) is 22.2 Å². The molecule has 0 bridgehead atoms. The average Bonchev–Trinajstić information content (AvgIpc) is 3.49. The Balaban J connectivity index is 1.57. The second-order valence-corrected chi connectivity index (χ2v) is 11.9. The SMILES string of the molecule is CCOC(=O)C1=C(C(F)(F)F)N=c2s/c(=C\c3cn(Cc4cccc(Cl)c4)c4ccccc34)c(=O)n2[C@@H]1c1ccc(Cl)cc1. The molecular weight excluding hydrogens is 634 g/mol. The molecule has 1 atom stereocenters. The first-order valence-electron chi connectivity index (χ1n) is 13.4. The lowest BCUT2D eigenvalue weighted by atomic mass is 9.95. The molecule has 0 aliphatic carbocycles. The Bertz CT molecular complexity index is 2130. The summed E-state index contributed by atoms with van der Waals surface area (Å²) in [5.74, 6) is -1.21. The maximum absolute atomic E-state index is 14.4. The first-order chi connectivity index (χ1) is 21.0. The van der Waals surface area contributed by atoms with Crippen LogP contribution >= 0.6 is 34.5 Å². The third kappa shape index (κ3) is 5.60. The van der Waals surface area contributed by atoms with E-state index in [2.05, 4.69) is 4.99 Å². The molecule has 0 N–H and O–H groups in total. The summed E-state index contributed by atoms with van der Waals surface area (Å²) in [6.07, 6.45) is -1.47. The minimum Gasteiger partial charge on any atom is -0.463 e. The van der Waals surface area contributed by atoms with Gasteiger partial charge in [-0.3, -0.25) is 9.36 Å². The second-order valence-electron chi connectivity index (χ2n) is 9.97. The number of halogens is 5. The van der Waals surface area contributed by atoms with Crippen LogP contribution in [-0.2, 0) is 16.1 Å². The summed E-state index contributed by atoms with van der Waals surface area (Å²) in [6, 6.07) is 19.6. The van der Waals surface area contributed by atoms with Gasteiger partial charge in [-0.15, -0.1) is 0 Å². The van der Waals surface area contributed by atoms with Gasteiger partial charge in [-0.05, 0) is 54.5 Å². The minimum absolute atomic E-state index is 0.153. The predicted molar refractivity (Wildman–Crippen MR) is 165 cm³/mol. The summed E-state index contributed by atoms with van der Waals surface area (Å²) in [5.41, 5.74) is 0.0493. The number of hydrogen-bond donors (Lipinski definition) is 0. The van der Waals surface area contributed by atoms with Crippen LogP contribution in [0.25, 0.3) is 17.0 Å². The van der Waals surface area contributed by atoms with Crippen LogP contribution in [0, 0.1) is 0 Å². The summed E-state index contributed by atoms with van der Waals surface area (Å²) in [4.78, 5) is 30.7. The maximum atomic E-state index is 14.4. The molecule has 3 heterocycles. The van der Waals surface area contributed by atoms with Crippen LogP contribution in [0.5, 0.6) is 0 Å². The van der Waals surface area contributed by atoms with E-state index >= 15 is 0 Å². The summed E-state index contributed by atoms with van der Waals surface area (Å²) < 4.78 is 51.5. The van der Waals surface area contributed by atoms with Crippen LogP contribution in [0.1, 0.15) is 29.7 Å². The minimum atomic E-state index is -4.99. The molecule has 6 nitrogen and oxygen atoms in total. The largest absolute Gasteiger partial charge is 0.463 e. The van der Waals surface area contributed by atoms with E-state index in [1.165, 1.54) is 31.2 Å². The highest BCUT2D eigenvalue weighted by Crippen LogP contribution is 2.38. The zero-order chi connectivity index (χ0) is 31.2. The van der Waals surface area contributed by atoms with E-state index < -0.39 is 35.0 Å². The van der Waals surface area contributed by atoms with Gasteiger partial charge in [0.1, 0.15) is 0 Å². The molecule has 12 heteroatoms. The van der Waals surface area contributed by atoms with Crippen LogP contribution in [0.2, 0.25) is 10.0 Å². The van der Waals surface area contributed by atoms with Gasteiger partial charge in [0.05, 0.1) is 22.8 Å². The predicted octanol–water partition coefficient (Wildman–Crippen LogP) is 6.65. The molecule has 0 spiro atoms. The Morgan fingerprint density at radius 3 is 2.50 bits per heavy atom. The highest BCUT2D eigenvalue weighted by atomic mass is 35.5. The zero-order valence-corrected chi connectivity index (χ0v) is 25.3. The van der Waals surface area contributed by atoms with Gasteiger partial charge in [0, 0.05) is 39.3 Å². The molecule has 0 fully saturated rings. The molecule has 0 unspecified atom stereocenters. The standard InChI is InChI=1S/C32H22Cl2F3N3O3S/c1-2-43-30(42)26-27(19-10-12-21(33)13-11-19)40-29(41)25(44-31(40)38-28(26)32(35,36)37)15-20-17-39(24-9-4-3-8-23(20)24)16-18-6-5-7-22(34)14-18/h3-15,17,27H,2,16H2,1H3/b25-15-/t27-/m1/s1. The van der Waals surface area contributed by atoms with Crippen molar-refractivity contribution in [1.29, 1.82) is 0 Å². The van der Waals surface area contributed by atoms with Gasteiger partial charge in [0.15, 0.2) is 10.5 Å². The summed E-state index contributed by atoms with van der Waals surface area (Å²) in [6.45, 7) is 1.83. The fourth-order valence-corrected chi connectivity index (χ4v) is 6.63. The number of esters is 1. The fourth-order valence-electron chi connectivity index (χ4n) is 5.30. The van der Waals surface area contributed by atoms with Crippen molar-refractivity contribution in [1.82, 2.24) is 9.13 Å². The van der Waals surface area contributed by atoms with E-state index in [4.69, 9.17) is 27.9 Å². The summed E-state index contributed by atoms with van der Waals surface area (Å²) >= 11 is 13.1. The second kappa shape index (κ2) is 11.8. The van der Waals surface area contributed by atoms with Crippen molar-refractivity contribution < 1.29 is 22.7 Å². The topological polar surface area (TPSA) is 65.6 Å². The van der Waals surface area contributed by atoms with Gasteiger partial charge >= 0.3 is 12.1 Å². The molecule has 44 heavy (non-hydrogen) atoms. The lowest BCUT2D eigenvalue weighted by Gasteiger charge is -2.26. The van der Waals surface area contributed by atoms with E-state index in [1.807, 2.05) is 53.2 Å². The quantitative estimate of drug-likeness (QED) is 0.192. The molecular formula is C32H22Cl2F3N3O3S. The fraction of sp³-hybridized carbons (Fsp3) is 0.156. The molecule has 3 aromatic carbocycles. The number of hydrogen-bond acceptors (Lipinski definition) is 5. The third-order valence-corrected chi connectivity index (χ3v) is 8.60. The number of carbonyl (C=O) groups is 1. The monoisotopic (exact) mass is 655 g/mol. The number of allylic oxidation sites excluding steroid dienone is 1. The van der Waals surface area contributed by atoms with Gasteiger partial charge in [0.25, 0.3) is 5.56 Å². The van der Waals surface area contributed by atoms with Crippen molar-refractivity contribution in [3.8, 4) is 0 Å². The highest BCUT2D eigenvalue weighted by Gasteiger charge is 2.45. The van der Waals surface area contributed by atoms with E-state index in [0.717, 1.165) is 32.4 Å². The Labute approximate surface area is 262 Å². The van der Waals surface area contributed by atoms with Crippen LogP contribution in [0.15, 0.2) is 100 Å². The van der Waals surface area contributed by atoms with E-state index in [9.17, 15) is 22.8 Å². The van der Waals surface area contributed by atoms with E-state index in [1.54, 1.807) is 12.1 Å². The number of benzene rings is 3. The third-order valence-electron chi connectivity index (χ3n) is 7.13. The number of thiazole rings is 1. The molecule has 224 valence electrons. The lowest BCUT2D eigenvalue weighted by Crippen LogP contribution is -2.41. The number of fused-ring (bicyclic) bond motifs is 2. The molecule has 1 aliphatic heterocycles. The number of rotatable bonds is 6. The van der Waals surface area contributed by atoms with Crippen LogP contribution in [-0.4, -0.2) is 27.9 Å². The van der Waals surface area contributed by atoms with Gasteiger partial charge in [-0.25, -0.2) is 9.79 Å². The van der Waals surface area contributed by atoms with Crippen molar-refractivity contribution in [2.24, 2.45) is 4.99 Å². The lowest BCUT2D eigenvalue weighted by molar-refractivity contribution is -0.140. The van der Waals surface area contributed by atoms with E-state index in [-0.39, 0.29) is 21.5 Å². The number of carbonyl (C=O) groups excluding carboxylic acids is 1. The number of para-hydroxylation sites is 1. The highest BCUT2D eigenvalue weighted by molar-refractivity contribution is 7.07. The van der Waals surface area contributed by atoms with Gasteiger partial charge in [-0.2, -0.15) is 13.2 Å². The van der Waals surface area contributed by atoms with Crippen molar-refractivity contribution in [3.05, 3.63) is 137 Å². The first kappa shape index (κ1) is 29.9. The normalized spacial score (nSPS) is 15.4. The number of aromatic nitrogens is 2. The number of alkyl halides is 3. The van der Waals surface area contributed by atoms with Crippen molar-refractivity contribution in [2.45, 2.75) is 25.7 Å². The zero-order valence-electron chi connectivity index (χ0n) is 22.9. The molecule has 0 saturated carbocycles. The molecule has 2 aromatic heterocycles. The average molecular weight is 657 g/mol. The maximum Gasteiger partial charge on any atom is 0.434 e. The van der Waals surface area contributed by atoms with Crippen LogP contribution in [0.4, 0.5) is 13.2 Å². The van der Waals surface area contributed by atoms with Gasteiger partial charge in [0.2, 0.25) is 0 Å². The molecule has 0 amide bonds. The van der Waals surface area contributed by atoms with Crippen LogP contribution < -0.4 is 14.9 Å². The number of ether oxygens (including phenoxy) is 1. The summed E-state index contributed by atoms with van der Waals surface area (Å²) in [7, 11) is 0. The molecule has 1 aliphatic rings. The van der Waals surface area contributed by atoms with Gasteiger partial charge < -0.3 is 9.30 Å². The smallest absolute Gasteiger partial charge is 0.434 e. The molecule has 6 rings (SSSR count). The van der Waals surface area contributed by atoms with Crippen molar-refractivity contribution in [2.75, 3.05) is 6.61 Å². The first-order valence-corrected chi connectivity index (χ1v) is 15.0. The number of nitrogens with zero attached hydrogens (tertiary/aromatic N) is 3. The summed E-state index contributed by atoms with van der Waals surface area (Å²) in [5, 5.41) is 1.79. The molecule has 5 aromatic rings. The van der Waals surface area contributed by atoms with Crippen molar-refractivity contribution in [3.63, 3.8) is 0 Å². The Morgan fingerprint density at radius 2 is 1.80 bits per heavy atom. The van der Waals surface area contributed by atoms with Gasteiger partial charge in [-0.1, -0.05) is 77.0 Å². The molecule has 0 radical (unpaired) electrons. The van der Waals surface area contributed by atoms with Crippen LogP contribution in [0.3, 0.4) is 0 Å². The molecule has 0 saturated heterocycles. The Kier molecular flexibility index (Phi) is 8.00. The Hall–Kier alpha value is -4.12. The van der Waals surface area contributed by atoms with Crippen molar-refractivity contribution >= 4 is 57.5 Å². The Morgan fingerprint density at radius 1 is 1.05 bits per heavy atom.